The van der Waals surface area contributed by atoms with E-state index < -0.39 is 0 Å². The van der Waals surface area contributed by atoms with Crippen LogP contribution < -0.4 is 5.73 Å². The molecule has 19 heavy (non-hydrogen) atoms. The van der Waals surface area contributed by atoms with E-state index in [-0.39, 0.29) is 11.3 Å². The number of aromatic nitrogens is 1. The van der Waals surface area contributed by atoms with Crippen LogP contribution >= 0.6 is 11.3 Å². The summed E-state index contributed by atoms with van der Waals surface area (Å²) < 4.78 is 0. The number of nitrogens with two attached hydrogens (primary N) is 1. The highest BCUT2D eigenvalue weighted by Gasteiger charge is 2.19. The summed E-state index contributed by atoms with van der Waals surface area (Å²) in [6.07, 6.45) is 0.621. The molecule has 0 aromatic carbocycles. The van der Waals surface area contributed by atoms with E-state index in [1.54, 1.807) is 11.3 Å². The van der Waals surface area contributed by atoms with E-state index in [0.29, 0.717) is 12.5 Å². The minimum absolute atomic E-state index is 0.108. The molecule has 0 bridgehead atoms. The maximum Gasteiger partial charge on any atom is 0.107 e. The van der Waals surface area contributed by atoms with Gasteiger partial charge in [0.2, 0.25) is 0 Å². The summed E-state index contributed by atoms with van der Waals surface area (Å²) in [6.45, 7) is 12.5. The van der Waals surface area contributed by atoms with Crippen molar-refractivity contribution in [1.82, 2.24) is 9.88 Å². The van der Waals surface area contributed by atoms with E-state index in [4.69, 9.17) is 16.1 Å². The Kier molecular flexibility index (Phi) is 5.50. The molecule has 1 rings (SSSR count). The molecular formula is C14H26N4S. The Hall–Kier alpha value is -0.940. The van der Waals surface area contributed by atoms with Crippen LogP contribution in [-0.2, 0) is 12.0 Å². The highest BCUT2D eigenvalue weighted by atomic mass is 32.1. The quantitative estimate of drug-likeness (QED) is 0.622. The van der Waals surface area contributed by atoms with Crippen molar-refractivity contribution >= 4 is 17.2 Å². The molecule has 0 amide bonds. The zero-order valence-electron chi connectivity index (χ0n) is 12.7. The molecule has 0 aliphatic rings. The van der Waals surface area contributed by atoms with Gasteiger partial charge in [-0.25, -0.2) is 4.98 Å². The van der Waals surface area contributed by atoms with Crippen molar-refractivity contribution in [2.45, 2.75) is 59.0 Å². The monoisotopic (exact) mass is 282 g/mol. The summed E-state index contributed by atoms with van der Waals surface area (Å²) in [4.78, 5) is 7.03. The number of rotatable bonds is 6. The van der Waals surface area contributed by atoms with Crippen LogP contribution in [0.4, 0.5) is 0 Å². The summed E-state index contributed by atoms with van der Waals surface area (Å²) in [5.74, 6) is 0.250. The van der Waals surface area contributed by atoms with Crippen LogP contribution in [0.15, 0.2) is 5.38 Å². The molecule has 1 aromatic rings. The molecule has 0 unspecified atom stereocenters. The first-order chi connectivity index (χ1) is 8.70. The van der Waals surface area contributed by atoms with Crippen LogP contribution in [0.3, 0.4) is 0 Å². The third kappa shape index (κ3) is 5.28. The van der Waals surface area contributed by atoms with Crippen molar-refractivity contribution < 1.29 is 0 Å². The third-order valence-electron chi connectivity index (χ3n) is 3.06. The maximum absolute atomic E-state index is 7.33. The standard InChI is InChI=1S/C14H26N4S/c1-10(2)18(7-6-12(15)16)8-13-17-11(9-19-13)14(3,4)5/h9-10H,6-8H2,1-5H3,(H3,15,16). The van der Waals surface area contributed by atoms with E-state index >= 15 is 0 Å². The van der Waals surface area contributed by atoms with Gasteiger partial charge in [0.05, 0.1) is 18.1 Å². The summed E-state index contributed by atoms with van der Waals surface area (Å²) >= 11 is 1.72. The van der Waals surface area contributed by atoms with Gasteiger partial charge in [-0.15, -0.1) is 11.3 Å². The molecular weight excluding hydrogens is 256 g/mol. The van der Waals surface area contributed by atoms with Gasteiger partial charge in [-0.3, -0.25) is 10.3 Å². The van der Waals surface area contributed by atoms with Gasteiger partial charge in [-0.1, -0.05) is 20.8 Å². The predicted octanol–water partition coefficient (Wildman–Crippen LogP) is 2.98. The van der Waals surface area contributed by atoms with E-state index in [0.717, 1.165) is 23.8 Å². The highest BCUT2D eigenvalue weighted by molar-refractivity contribution is 7.09. The second-order valence-corrected chi connectivity index (χ2v) is 7.16. The molecule has 0 atom stereocenters. The fourth-order valence-electron chi connectivity index (χ4n) is 1.69. The van der Waals surface area contributed by atoms with Gasteiger partial charge < -0.3 is 5.73 Å². The predicted molar refractivity (Wildman–Crippen MR) is 82.9 cm³/mol. The van der Waals surface area contributed by atoms with Crippen LogP contribution in [0.25, 0.3) is 0 Å². The molecule has 4 nitrogen and oxygen atoms in total. The summed E-state index contributed by atoms with van der Waals surface area (Å²) in [6, 6.07) is 0.432. The van der Waals surface area contributed by atoms with Crippen molar-refractivity contribution in [3.63, 3.8) is 0 Å². The molecule has 5 heteroatoms. The lowest BCUT2D eigenvalue weighted by atomic mass is 9.93. The first-order valence-electron chi connectivity index (χ1n) is 6.72. The fourth-order valence-corrected chi connectivity index (χ4v) is 2.73. The molecule has 0 aliphatic heterocycles. The van der Waals surface area contributed by atoms with Crippen LogP contribution in [-0.4, -0.2) is 28.3 Å². The second kappa shape index (κ2) is 6.48. The van der Waals surface area contributed by atoms with Gasteiger partial charge in [0, 0.05) is 29.8 Å². The SMILES string of the molecule is CC(C)N(CCC(=N)N)Cc1nc(C(C)(C)C)cs1. The summed E-state index contributed by atoms with van der Waals surface area (Å²) in [7, 11) is 0. The minimum atomic E-state index is 0.108. The Bertz CT molecular complexity index is 417. The van der Waals surface area contributed by atoms with Crippen LogP contribution in [0, 0.1) is 5.41 Å². The maximum atomic E-state index is 7.33. The first kappa shape index (κ1) is 16.1. The highest BCUT2D eigenvalue weighted by Crippen LogP contribution is 2.24. The van der Waals surface area contributed by atoms with Crippen molar-refractivity contribution in [1.29, 1.82) is 5.41 Å². The van der Waals surface area contributed by atoms with Crippen LogP contribution in [0.1, 0.15) is 51.7 Å². The van der Waals surface area contributed by atoms with Crippen molar-refractivity contribution in [3.8, 4) is 0 Å². The molecule has 0 fully saturated rings. The van der Waals surface area contributed by atoms with Gasteiger partial charge in [0.25, 0.3) is 0 Å². The molecule has 0 saturated heterocycles. The summed E-state index contributed by atoms with van der Waals surface area (Å²) in [5.41, 5.74) is 6.70. The van der Waals surface area contributed by atoms with E-state index in [1.165, 1.54) is 0 Å². The van der Waals surface area contributed by atoms with Gasteiger partial charge in [-0.05, 0) is 13.8 Å². The lowest BCUT2D eigenvalue weighted by Crippen LogP contribution is -2.33. The molecule has 108 valence electrons. The topological polar surface area (TPSA) is 66.0 Å². The molecule has 1 heterocycles. The number of amidine groups is 1. The number of nitrogens with zero attached hydrogens (tertiary/aromatic N) is 2. The Morgan fingerprint density at radius 3 is 2.53 bits per heavy atom. The zero-order valence-corrected chi connectivity index (χ0v) is 13.5. The van der Waals surface area contributed by atoms with Gasteiger partial charge in [-0.2, -0.15) is 0 Å². The number of hydrogen-bond acceptors (Lipinski definition) is 4. The van der Waals surface area contributed by atoms with Gasteiger partial charge in [0.1, 0.15) is 5.01 Å². The Morgan fingerprint density at radius 2 is 2.11 bits per heavy atom. The van der Waals surface area contributed by atoms with Gasteiger partial charge in [0.15, 0.2) is 0 Å². The minimum Gasteiger partial charge on any atom is -0.388 e. The number of hydrogen-bond donors (Lipinski definition) is 2. The molecule has 3 N–H and O–H groups in total. The third-order valence-corrected chi connectivity index (χ3v) is 3.89. The number of thiazole rings is 1. The Morgan fingerprint density at radius 1 is 1.47 bits per heavy atom. The lowest BCUT2D eigenvalue weighted by Gasteiger charge is -2.25. The second-order valence-electron chi connectivity index (χ2n) is 6.22. The van der Waals surface area contributed by atoms with E-state index in [9.17, 15) is 0 Å². The average Bonchev–Trinajstić information content (AvgIpc) is 2.71. The smallest absolute Gasteiger partial charge is 0.107 e. The largest absolute Gasteiger partial charge is 0.388 e. The van der Waals surface area contributed by atoms with Crippen molar-refractivity contribution in [2.24, 2.45) is 5.73 Å². The van der Waals surface area contributed by atoms with Crippen molar-refractivity contribution in [2.75, 3.05) is 6.54 Å². The molecule has 0 radical (unpaired) electrons. The summed E-state index contributed by atoms with van der Waals surface area (Å²) in [5, 5.41) is 10.6. The lowest BCUT2D eigenvalue weighted by molar-refractivity contribution is 0.218. The molecule has 1 aromatic heterocycles. The zero-order chi connectivity index (χ0) is 14.6. The first-order valence-corrected chi connectivity index (χ1v) is 7.60. The van der Waals surface area contributed by atoms with Gasteiger partial charge >= 0.3 is 0 Å². The fraction of sp³-hybridized carbons (Fsp3) is 0.714. The van der Waals surface area contributed by atoms with Crippen LogP contribution in [0.5, 0.6) is 0 Å². The Labute approximate surface area is 120 Å². The molecule has 0 aliphatic carbocycles. The Balaban J connectivity index is 2.69. The normalized spacial score (nSPS) is 12.4. The van der Waals surface area contributed by atoms with Crippen LogP contribution in [0.2, 0.25) is 0 Å². The van der Waals surface area contributed by atoms with Crippen molar-refractivity contribution in [3.05, 3.63) is 16.1 Å². The van der Waals surface area contributed by atoms with E-state index in [1.807, 2.05) is 0 Å². The van der Waals surface area contributed by atoms with E-state index in [2.05, 4.69) is 44.9 Å². The molecule has 0 saturated carbocycles. The average molecular weight is 282 g/mol. The number of nitrogens with one attached hydrogen (secondary N) is 1. The molecule has 0 spiro atoms.